The molecule has 0 atom stereocenters. The summed E-state index contributed by atoms with van der Waals surface area (Å²) in [7, 11) is 1.58. The van der Waals surface area contributed by atoms with E-state index in [1.54, 1.807) is 42.3 Å². The van der Waals surface area contributed by atoms with Crippen molar-refractivity contribution in [2.24, 2.45) is 0 Å². The van der Waals surface area contributed by atoms with E-state index in [0.717, 1.165) is 5.69 Å². The maximum atomic E-state index is 12.6. The van der Waals surface area contributed by atoms with Crippen molar-refractivity contribution < 1.29 is 9.53 Å². The Labute approximate surface area is 146 Å². The fraction of sp³-hybridized carbons (Fsp3) is 0.333. The zero-order chi connectivity index (χ0) is 17.8. The Balaban J connectivity index is 1.68. The molecule has 1 aromatic heterocycles. The highest BCUT2D eigenvalue weighted by atomic mass is 16.5. The molecule has 0 spiro atoms. The van der Waals surface area contributed by atoms with Crippen LogP contribution in [0.1, 0.15) is 21.6 Å². The third-order valence-electron chi connectivity index (χ3n) is 4.12. The molecule has 2 aromatic rings. The molecule has 1 fully saturated rings. The van der Waals surface area contributed by atoms with Gasteiger partial charge in [0.25, 0.3) is 5.91 Å². The Morgan fingerprint density at radius 3 is 2.64 bits per heavy atom. The van der Waals surface area contributed by atoms with Crippen molar-refractivity contribution in [3.05, 3.63) is 47.2 Å². The first kappa shape index (κ1) is 16.7. The van der Waals surface area contributed by atoms with Crippen molar-refractivity contribution in [1.29, 1.82) is 5.26 Å². The molecule has 1 saturated heterocycles. The Bertz CT molecular complexity index is 822. The van der Waals surface area contributed by atoms with Crippen LogP contribution in [0.2, 0.25) is 0 Å². The minimum atomic E-state index is -0.0560. The average molecular weight is 337 g/mol. The van der Waals surface area contributed by atoms with Crippen LogP contribution >= 0.6 is 0 Å². The summed E-state index contributed by atoms with van der Waals surface area (Å²) in [5, 5.41) is 8.97. The number of hydrogen-bond acceptors (Lipinski definition) is 6. The van der Waals surface area contributed by atoms with Crippen LogP contribution in [0.4, 0.5) is 5.95 Å². The number of carbonyl (C=O) groups excluding carboxylic acids is 1. The normalized spacial score (nSPS) is 14.1. The fourth-order valence-electron chi connectivity index (χ4n) is 2.78. The number of nitrogens with zero attached hydrogens (tertiary/aromatic N) is 5. The molecule has 25 heavy (non-hydrogen) atoms. The molecule has 0 N–H and O–H groups in total. The van der Waals surface area contributed by atoms with Crippen LogP contribution in [0, 0.1) is 18.3 Å². The van der Waals surface area contributed by atoms with Crippen molar-refractivity contribution in [3.63, 3.8) is 0 Å². The zero-order valence-electron chi connectivity index (χ0n) is 14.3. The molecule has 1 aromatic carbocycles. The van der Waals surface area contributed by atoms with Gasteiger partial charge in [-0.05, 0) is 25.1 Å². The lowest BCUT2D eigenvalue weighted by Crippen LogP contribution is -2.49. The molecule has 0 unspecified atom stereocenters. The monoisotopic (exact) mass is 337 g/mol. The number of piperazine rings is 1. The maximum absolute atomic E-state index is 12.6. The van der Waals surface area contributed by atoms with Crippen LogP contribution in [0.25, 0.3) is 0 Å². The number of aromatic nitrogens is 2. The van der Waals surface area contributed by atoms with Gasteiger partial charge in [0.05, 0.1) is 18.7 Å². The molecule has 1 aliphatic heterocycles. The number of hydrogen-bond donors (Lipinski definition) is 0. The third-order valence-corrected chi connectivity index (χ3v) is 4.12. The molecule has 128 valence electrons. The van der Waals surface area contributed by atoms with Crippen LogP contribution in [0.15, 0.2) is 30.3 Å². The topological polar surface area (TPSA) is 82.4 Å². The lowest BCUT2D eigenvalue weighted by molar-refractivity contribution is 0.0746. The van der Waals surface area contributed by atoms with Crippen LogP contribution in [-0.2, 0) is 0 Å². The van der Waals surface area contributed by atoms with E-state index in [2.05, 4.69) is 16.0 Å². The van der Waals surface area contributed by atoms with Gasteiger partial charge in [0.2, 0.25) is 11.8 Å². The van der Waals surface area contributed by atoms with Gasteiger partial charge >= 0.3 is 0 Å². The number of benzene rings is 1. The van der Waals surface area contributed by atoms with E-state index in [4.69, 9.17) is 10.00 Å². The molecule has 3 rings (SSSR count). The van der Waals surface area contributed by atoms with Gasteiger partial charge in [0, 0.05) is 43.5 Å². The highest BCUT2D eigenvalue weighted by Crippen LogP contribution is 2.18. The summed E-state index contributed by atoms with van der Waals surface area (Å²) in [6, 6.07) is 10.6. The van der Waals surface area contributed by atoms with Crippen molar-refractivity contribution in [3.8, 4) is 11.9 Å². The first-order valence-corrected chi connectivity index (χ1v) is 8.05. The number of ether oxygens (including phenoxy) is 1. The molecular formula is C18H19N5O2. The third kappa shape index (κ3) is 3.69. The van der Waals surface area contributed by atoms with E-state index < -0.39 is 0 Å². The summed E-state index contributed by atoms with van der Waals surface area (Å²) in [6.07, 6.45) is 0. The van der Waals surface area contributed by atoms with Crippen molar-refractivity contribution >= 4 is 11.9 Å². The van der Waals surface area contributed by atoms with Gasteiger partial charge in [-0.3, -0.25) is 4.79 Å². The van der Waals surface area contributed by atoms with Gasteiger partial charge < -0.3 is 14.5 Å². The SMILES string of the molecule is COc1cc(C)nc(N2CCN(C(=O)c3cccc(C#N)c3)CC2)n1. The molecule has 1 aliphatic rings. The Morgan fingerprint density at radius 2 is 1.96 bits per heavy atom. The van der Waals surface area contributed by atoms with E-state index in [9.17, 15) is 4.79 Å². The Hall–Kier alpha value is -3.14. The van der Waals surface area contributed by atoms with Crippen LogP contribution in [0.5, 0.6) is 5.88 Å². The summed E-state index contributed by atoms with van der Waals surface area (Å²) in [5.41, 5.74) is 1.87. The van der Waals surface area contributed by atoms with Gasteiger partial charge in [-0.15, -0.1) is 0 Å². The summed E-state index contributed by atoms with van der Waals surface area (Å²) in [4.78, 5) is 25.3. The lowest BCUT2D eigenvalue weighted by Gasteiger charge is -2.35. The number of nitriles is 1. The van der Waals surface area contributed by atoms with Gasteiger partial charge in [-0.1, -0.05) is 6.07 Å². The van der Waals surface area contributed by atoms with Crippen molar-refractivity contribution in [2.45, 2.75) is 6.92 Å². The van der Waals surface area contributed by atoms with Gasteiger partial charge in [-0.25, -0.2) is 4.98 Å². The second kappa shape index (κ2) is 7.18. The summed E-state index contributed by atoms with van der Waals surface area (Å²) in [5.74, 6) is 1.10. The highest BCUT2D eigenvalue weighted by Gasteiger charge is 2.24. The minimum absolute atomic E-state index is 0.0560. The lowest BCUT2D eigenvalue weighted by atomic mass is 10.1. The van der Waals surface area contributed by atoms with Crippen LogP contribution in [0.3, 0.4) is 0 Å². The summed E-state index contributed by atoms with van der Waals surface area (Å²) in [6.45, 7) is 4.35. The number of anilines is 1. The van der Waals surface area contributed by atoms with Gasteiger partial charge in [0.1, 0.15) is 0 Å². The standard InChI is InChI=1S/C18H19N5O2/c1-13-10-16(25-2)21-18(20-13)23-8-6-22(7-9-23)17(24)15-5-3-4-14(11-15)12-19/h3-5,10-11H,6-9H2,1-2H3. The summed E-state index contributed by atoms with van der Waals surface area (Å²) < 4.78 is 5.20. The van der Waals surface area contributed by atoms with E-state index in [-0.39, 0.29) is 5.91 Å². The van der Waals surface area contributed by atoms with Crippen molar-refractivity contribution in [1.82, 2.24) is 14.9 Å². The molecule has 0 aliphatic carbocycles. The second-order valence-corrected chi connectivity index (χ2v) is 5.82. The quantitative estimate of drug-likeness (QED) is 0.846. The maximum Gasteiger partial charge on any atom is 0.254 e. The van der Waals surface area contributed by atoms with E-state index in [0.29, 0.717) is 49.1 Å². The number of aryl methyl sites for hydroxylation is 1. The highest BCUT2D eigenvalue weighted by molar-refractivity contribution is 5.94. The van der Waals surface area contributed by atoms with E-state index in [1.165, 1.54) is 0 Å². The Kier molecular flexibility index (Phi) is 4.80. The summed E-state index contributed by atoms with van der Waals surface area (Å²) >= 11 is 0. The van der Waals surface area contributed by atoms with Crippen LogP contribution in [-0.4, -0.2) is 54.1 Å². The number of carbonyl (C=O) groups is 1. The molecule has 0 bridgehead atoms. The van der Waals surface area contributed by atoms with Crippen LogP contribution < -0.4 is 9.64 Å². The minimum Gasteiger partial charge on any atom is -0.481 e. The molecule has 1 amide bonds. The molecule has 2 heterocycles. The molecule has 7 heteroatoms. The predicted octanol–water partition coefficient (Wildman–Crippen LogP) is 1.63. The second-order valence-electron chi connectivity index (χ2n) is 5.82. The van der Waals surface area contributed by atoms with Gasteiger partial charge in [0.15, 0.2) is 0 Å². The number of rotatable bonds is 3. The smallest absolute Gasteiger partial charge is 0.254 e. The first-order chi connectivity index (χ1) is 12.1. The predicted molar refractivity (Wildman–Crippen MR) is 92.6 cm³/mol. The molecule has 7 nitrogen and oxygen atoms in total. The average Bonchev–Trinajstić information content (AvgIpc) is 2.67. The van der Waals surface area contributed by atoms with Crippen molar-refractivity contribution in [2.75, 3.05) is 38.2 Å². The fourth-order valence-corrected chi connectivity index (χ4v) is 2.78. The molecular weight excluding hydrogens is 318 g/mol. The van der Waals surface area contributed by atoms with E-state index >= 15 is 0 Å². The number of methoxy groups -OCH3 is 1. The van der Waals surface area contributed by atoms with Gasteiger partial charge in [-0.2, -0.15) is 10.2 Å². The van der Waals surface area contributed by atoms with E-state index in [1.807, 2.05) is 11.8 Å². The molecule has 0 saturated carbocycles. The molecule has 0 radical (unpaired) electrons. The Morgan fingerprint density at radius 1 is 1.20 bits per heavy atom. The first-order valence-electron chi connectivity index (χ1n) is 8.05. The number of amides is 1. The largest absolute Gasteiger partial charge is 0.481 e. The zero-order valence-corrected chi connectivity index (χ0v) is 14.3.